The number of likely N-dealkylation sites (N-methyl/N-ethyl adjacent to an activating group) is 2. The number of hydrogen-bond donors (Lipinski definition) is 2. The fraction of sp³-hybridized carbons (Fsp3) is 0.227. The molecule has 0 radical (unpaired) electrons. The summed E-state index contributed by atoms with van der Waals surface area (Å²) < 4.78 is 14.3. The highest BCUT2D eigenvalue weighted by Crippen LogP contribution is 2.17. The molecule has 0 spiro atoms. The van der Waals surface area contributed by atoms with E-state index in [1.807, 2.05) is 30.3 Å². The SMILES string of the molecule is CN(CC(=O)N(C)c1c(N)n(Cc2ccccc2)c(=O)[nH]c1=O)Cc1ccc(F)cc1. The summed E-state index contributed by atoms with van der Waals surface area (Å²) >= 11 is 0. The Bertz CT molecular complexity index is 1170. The van der Waals surface area contributed by atoms with Crippen molar-refractivity contribution in [2.24, 2.45) is 0 Å². The maximum absolute atomic E-state index is 13.1. The van der Waals surface area contributed by atoms with Crippen molar-refractivity contribution in [1.29, 1.82) is 0 Å². The summed E-state index contributed by atoms with van der Waals surface area (Å²) in [7, 11) is 3.17. The number of carbonyl (C=O) groups is 1. The molecule has 9 heteroatoms. The minimum atomic E-state index is -0.733. The molecule has 3 N–H and O–H groups in total. The second-order valence-corrected chi connectivity index (χ2v) is 7.32. The van der Waals surface area contributed by atoms with Crippen LogP contribution < -0.4 is 21.9 Å². The molecule has 0 aliphatic carbocycles. The van der Waals surface area contributed by atoms with E-state index in [-0.39, 0.29) is 36.3 Å². The second kappa shape index (κ2) is 9.40. The zero-order valence-corrected chi connectivity index (χ0v) is 17.3. The number of H-pyrrole nitrogens is 1. The number of nitrogens with two attached hydrogens (primary N) is 1. The highest BCUT2D eigenvalue weighted by atomic mass is 19.1. The van der Waals surface area contributed by atoms with Gasteiger partial charge < -0.3 is 10.6 Å². The van der Waals surface area contributed by atoms with Crippen LogP contribution in [0.5, 0.6) is 0 Å². The van der Waals surface area contributed by atoms with E-state index in [1.54, 1.807) is 24.1 Å². The number of carbonyl (C=O) groups excluding carboxylic acids is 1. The fourth-order valence-corrected chi connectivity index (χ4v) is 3.24. The minimum absolute atomic E-state index is 0.00936. The lowest BCUT2D eigenvalue weighted by Gasteiger charge is -2.23. The molecule has 3 aromatic rings. The number of nitrogens with one attached hydrogen (secondary N) is 1. The van der Waals surface area contributed by atoms with Gasteiger partial charge in [0.25, 0.3) is 5.56 Å². The zero-order valence-electron chi connectivity index (χ0n) is 17.3. The Morgan fingerprint density at radius 3 is 2.32 bits per heavy atom. The number of aromatic amines is 1. The predicted molar refractivity (Wildman–Crippen MR) is 117 cm³/mol. The van der Waals surface area contributed by atoms with Crippen LogP contribution in [0.4, 0.5) is 15.9 Å². The average Bonchev–Trinajstić information content (AvgIpc) is 2.73. The second-order valence-electron chi connectivity index (χ2n) is 7.32. The molecule has 162 valence electrons. The van der Waals surface area contributed by atoms with Gasteiger partial charge in [-0.05, 0) is 30.3 Å². The Morgan fingerprint density at radius 2 is 1.68 bits per heavy atom. The maximum Gasteiger partial charge on any atom is 0.330 e. The number of nitrogen functional groups attached to an aromatic ring is 1. The summed E-state index contributed by atoms with van der Waals surface area (Å²) in [6, 6.07) is 15.2. The molecule has 0 bridgehead atoms. The van der Waals surface area contributed by atoms with Gasteiger partial charge in [0.1, 0.15) is 11.6 Å². The molecule has 0 fully saturated rings. The van der Waals surface area contributed by atoms with Gasteiger partial charge in [-0.1, -0.05) is 42.5 Å². The first-order valence-electron chi connectivity index (χ1n) is 9.62. The van der Waals surface area contributed by atoms with E-state index < -0.39 is 11.2 Å². The molecule has 1 amide bonds. The molecular weight excluding hydrogens is 401 g/mol. The number of aromatic nitrogens is 2. The van der Waals surface area contributed by atoms with Crippen molar-refractivity contribution >= 4 is 17.4 Å². The highest BCUT2D eigenvalue weighted by molar-refractivity contribution is 5.96. The predicted octanol–water partition coefficient (Wildman–Crippen LogP) is 1.40. The quantitative estimate of drug-likeness (QED) is 0.596. The molecule has 1 heterocycles. The van der Waals surface area contributed by atoms with E-state index in [2.05, 4.69) is 4.98 Å². The van der Waals surface area contributed by atoms with Crippen molar-refractivity contribution in [1.82, 2.24) is 14.5 Å². The van der Waals surface area contributed by atoms with Crippen LogP contribution >= 0.6 is 0 Å². The summed E-state index contributed by atoms with van der Waals surface area (Å²) in [6.07, 6.45) is 0. The van der Waals surface area contributed by atoms with E-state index in [0.717, 1.165) is 16.0 Å². The van der Waals surface area contributed by atoms with Gasteiger partial charge in [0, 0.05) is 13.6 Å². The fourth-order valence-electron chi connectivity index (χ4n) is 3.24. The molecule has 0 atom stereocenters. The van der Waals surface area contributed by atoms with Crippen LogP contribution in [0.3, 0.4) is 0 Å². The van der Waals surface area contributed by atoms with Crippen molar-refractivity contribution in [2.75, 3.05) is 31.3 Å². The van der Waals surface area contributed by atoms with Crippen molar-refractivity contribution < 1.29 is 9.18 Å². The van der Waals surface area contributed by atoms with Crippen LogP contribution in [-0.4, -0.2) is 41.0 Å². The molecule has 0 saturated carbocycles. The largest absolute Gasteiger partial charge is 0.383 e. The lowest BCUT2D eigenvalue weighted by atomic mass is 10.2. The van der Waals surface area contributed by atoms with Gasteiger partial charge in [-0.3, -0.25) is 24.0 Å². The maximum atomic E-state index is 13.1. The summed E-state index contributed by atoms with van der Waals surface area (Å²) in [6.45, 7) is 0.561. The van der Waals surface area contributed by atoms with Crippen molar-refractivity contribution in [3.8, 4) is 0 Å². The molecular formula is C22H24FN5O3. The van der Waals surface area contributed by atoms with Crippen LogP contribution in [0, 0.1) is 5.82 Å². The van der Waals surface area contributed by atoms with Crippen LogP contribution in [0.15, 0.2) is 64.2 Å². The van der Waals surface area contributed by atoms with Crippen LogP contribution in [0.25, 0.3) is 0 Å². The molecule has 1 aromatic heterocycles. The number of amides is 1. The van der Waals surface area contributed by atoms with E-state index in [9.17, 15) is 18.8 Å². The van der Waals surface area contributed by atoms with Crippen LogP contribution in [-0.2, 0) is 17.9 Å². The van der Waals surface area contributed by atoms with Crippen LogP contribution in [0.2, 0.25) is 0 Å². The van der Waals surface area contributed by atoms with E-state index in [1.165, 1.54) is 23.7 Å². The van der Waals surface area contributed by atoms with E-state index >= 15 is 0 Å². The monoisotopic (exact) mass is 425 g/mol. The number of rotatable bonds is 7. The summed E-state index contributed by atoms with van der Waals surface area (Å²) in [4.78, 5) is 42.6. The molecule has 0 saturated heterocycles. The standard InChI is InChI=1S/C22H24FN5O3/c1-26(12-16-8-10-17(23)11-9-16)14-18(29)27(2)19-20(24)28(22(31)25-21(19)30)13-15-6-4-3-5-7-15/h3-11H,12-14,24H2,1-2H3,(H,25,30,31). The number of halogens is 1. The average molecular weight is 425 g/mol. The zero-order chi connectivity index (χ0) is 22.5. The lowest BCUT2D eigenvalue weighted by Crippen LogP contribution is -2.42. The molecule has 2 aromatic carbocycles. The topological polar surface area (TPSA) is 104 Å². The highest BCUT2D eigenvalue weighted by Gasteiger charge is 2.22. The van der Waals surface area contributed by atoms with E-state index in [4.69, 9.17) is 5.73 Å². The number of nitrogens with zero attached hydrogens (tertiary/aromatic N) is 3. The summed E-state index contributed by atoms with van der Waals surface area (Å²) in [5.74, 6) is -0.802. The molecule has 31 heavy (non-hydrogen) atoms. The smallest absolute Gasteiger partial charge is 0.330 e. The number of hydrogen-bond acceptors (Lipinski definition) is 5. The Morgan fingerprint density at radius 1 is 1.03 bits per heavy atom. The third kappa shape index (κ3) is 5.26. The third-order valence-corrected chi connectivity index (χ3v) is 4.88. The Balaban J connectivity index is 1.79. The number of anilines is 2. The first-order chi connectivity index (χ1) is 14.8. The molecule has 0 aliphatic rings. The summed E-state index contributed by atoms with van der Waals surface area (Å²) in [5.41, 5.74) is 6.33. The van der Waals surface area contributed by atoms with Crippen LogP contribution in [0.1, 0.15) is 11.1 Å². The Kier molecular flexibility index (Phi) is 6.66. The van der Waals surface area contributed by atoms with Gasteiger partial charge in [-0.15, -0.1) is 0 Å². The minimum Gasteiger partial charge on any atom is -0.383 e. The summed E-state index contributed by atoms with van der Waals surface area (Å²) in [5, 5.41) is 0. The van der Waals surface area contributed by atoms with Crippen molar-refractivity contribution in [3.63, 3.8) is 0 Å². The molecule has 3 rings (SSSR count). The van der Waals surface area contributed by atoms with Gasteiger partial charge in [0.2, 0.25) is 5.91 Å². The Labute approximate surface area is 178 Å². The van der Waals surface area contributed by atoms with Gasteiger partial charge in [-0.25, -0.2) is 9.18 Å². The van der Waals surface area contributed by atoms with Gasteiger partial charge >= 0.3 is 5.69 Å². The van der Waals surface area contributed by atoms with Crippen molar-refractivity contribution in [2.45, 2.75) is 13.1 Å². The van der Waals surface area contributed by atoms with Gasteiger partial charge in [0.05, 0.1) is 13.1 Å². The lowest BCUT2D eigenvalue weighted by molar-refractivity contribution is -0.119. The first kappa shape index (κ1) is 22.0. The molecule has 0 unspecified atom stereocenters. The van der Waals surface area contributed by atoms with Crippen molar-refractivity contribution in [3.05, 3.63) is 92.4 Å². The normalized spacial score (nSPS) is 11.0. The first-order valence-corrected chi connectivity index (χ1v) is 9.62. The molecule has 0 aliphatic heterocycles. The molecule has 8 nitrogen and oxygen atoms in total. The van der Waals surface area contributed by atoms with Gasteiger partial charge in [0.15, 0.2) is 5.69 Å². The number of benzene rings is 2. The van der Waals surface area contributed by atoms with Gasteiger partial charge in [-0.2, -0.15) is 0 Å². The van der Waals surface area contributed by atoms with E-state index in [0.29, 0.717) is 6.54 Å². The third-order valence-electron chi connectivity index (χ3n) is 4.88. The Hall–Kier alpha value is -3.72.